The van der Waals surface area contributed by atoms with Gasteiger partial charge < -0.3 is 10.4 Å². The number of hydrogen-bond donors (Lipinski definition) is 2. The van der Waals surface area contributed by atoms with E-state index in [4.69, 9.17) is 5.11 Å². The first-order valence-electron chi connectivity index (χ1n) is 8.93. The molecule has 0 aliphatic heterocycles. The molecule has 1 saturated carbocycles. The molecule has 4 nitrogen and oxygen atoms in total. The average Bonchev–Trinajstić information content (AvgIpc) is 2.68. The van der Waals surface area contributed by atoms with Gasteiger partial charge in [0.05, 0.1) is 5.92 Å². The number of carbonyl (C=O) groups is 2. The van der Waals surface area contributed by atoms with Crippen molar-refractivity contribution >= 4 is 23.6 Å². The smallest absolute Gasteiger partial charge is 0.306 e. The molecule has 1 atom stereocenters. The molecule has 0 saturated heterocycles. The molecule has 2 N–H and O–H groups in total. The Kier molecular flexibility index (Phi) is 6.34. The van der Waals surface area contributed by atoms with Crippen LogP contribution in [0.5, 0.6) is 0 Å². The van der Waals surface area contributed by atoms with Crippen molar-refractivity contribution in [3.8, 4) is 0 Å². The molecule has 5 heteroatoms. The van der Waals surface area contributed by atoms with Crippen LogP contribution in [0.3, 0.4) is 0 Å². The van der Waals surface area contributed by atoms with Crippen LogP contribution >= 0.6 is 11.8 Å². The molecule has 0 radical (unpaired) electrons. The molecule has 1 aliphatic rings. The molecule has 1 amide bonds. The number of hydrogen-bond acceptors (Lipinski definition) is 3. The van der Waals surface area contributed by atoms with Gasteiger partial charge >= 0.3 is 5.97 Å². The van der Waals surface area contributed by atoms with Gasteiger partial charge in [0.1, 0.15) is 5.25 Å². The maximum absolute atomic E-state index is 13.0. The number of benzene rings is 2. The molecular weight excluding hydrogens is 346 g/mol. The Morgan fingerprint density at radius 1 is 0.923 bits per heavy atom. The van der Waals surface area contributed by atoms with Crippen LogP contribution < -0.4 is 5.32 Å². The minimum absolute atomic E-state index is 0.0103. The van der Waals surface area contributed by atoms with E-state index in [1.807, 2.05) is 60.7 Å². The zero-order chi connectivity index (χ0) is 18.4. The lowest BCUT2D eigenvalue weighted by atomic mass is 9.86. The SMILES string of the molecule is O=C(O)C1CCC(NC(=O)C(Sc2ccccc2)c2ccccc2)CC1. The van der Waals surface area contributed by atoms with E-state index in [-0.39, 0.29) is 23.1 Å². The van der Waals surface area contributed by atoms with Crippen LogP contribution in [0.1, 0.15) is 36.5 Å². The Balaban J connectivity index is 1.68. The molecule has 1 unspecified atom stereocenters. The van der Waals surface area contributed by atoms with Crippen molar-refractivity contribution in [2.24, 2.45) is 5.92 Å². The maximum Gasteiger partial charge on any atom is 0.306 e. The Morgan fingerprint density at radius 3 is 2.08 bits per heavy atom. The molecule has 0 bridgehead atoms. The summed E-state index contributed by atoms with van der Waals surface area (Å²) in [6, 6.07) is 19.7. The fourth-order valence-corrected chi connectivity index (χ4v) is 4.35. The van der Waals surface area contributed by atoms with E-state index in [0.29, 0.717) is 12.8 Å². The highest BCUT2D eigenvalue weighted by molar-refractivity contribution is 8.00. The molecule has 26 heavy (non-hydrogen) atoms. The van der Waals surface area contributed by atoms with Gasteiger partial charge in [-0.3, -0.25) is 9.59 Å². The number of carboxylic acids is 1. The molecule has 0 aromatic heterocycles. The summed E-state index contributed by atoms with van der Waals surface area (Å²) in [4.78, 5) is 25.1. The summed E-state index contributed by atoms with van der Waals surface area (Å²) < 4.78 is 0. The van der Waals surface area contributed by atoms with Gasteiger partial charge in [-0.25, -0.2) is 0 Å². The summed E-state index contributed by atoms with van der Waals surface area (Å²) in [6.07, 6.45) is 2.70. The number of carboxylic acid groups (broad SMARTS) is 1. The zero-order valence-electron chi connectivity index (χ0n) is 14.5. The van der Waals surface area contributed by atoms with Gasteiger partial charge in [-0.15, -0.1) is 11.8 Å². The molecule has 0 spiro atoms. The average molecular weight is 369 g/mol. The Hall–Kier alpha value is -2.27. The summed E-state index contributed by atoms with van der Waals surface area (Å²) >= 11 is 1.54. The zero-order valence-corrected chi connectivity index (χ0v) is 15.3. The quantitative estimate of drug-likeness (QED) is 0.746. The highest BCUT2D eigenvalue weighted by Gasteiger charge is 2.29. The van der Waals surface area contributed by atoms with Crippen molar-refractivity contribution in [2.75, 3.05) is 0 Å². The van der Waals surface area contributed by atoms with E-state index >= 15 is 0 Å². The van der Waals surface area contributed by atoms with Crippen LogP contribution in [-0.2, 0) is 9.59 Å². The van der Waals surface area contributed by atoms with Crippen LogP contribution in [0.4, 0.5) is 0 Å². The van der Waals surface area contributed by atoms with Crippen molar-refractivity contribution in [3.05, 3.63) is 66.2 Å². The molecule has 1 fully saturated rings. The van der Waals surface area contributed by atoms with E-state index in [0.717, 1.165) is 23.3 Å². The van der Waals surface area contributed by atoms with Crippen LogP contribution in [0, 0.1) is 5.92 Å². The minimum atomic E-state index is -0.725. The van der Waals surface area contributed by atoms with E-state index < -0.39 is 5.97 Å². The summed E-state index contributed by atoms with van der Waals surface area (Å²) in [6.45, 7) is 0. The standard InChI is InChI=1S/C21H23NO3S/c23-20(22-17-13-11-16(12-14-17)21(24)25)19(15-7-3-1-4-8-15)26-18-9-5-2-6-10-18/h1-10,16-17,19H,11-14H2,(H,22,23)(H,24,25). The maximum atomic E-state index is 13.0. The van der Waals surface area contributed by atoms with Crippen molar-refractivity contribution in [2.45, 2.75) is 41.9 Å². The first-order valence-corrected chi connectivity index (χ1v) is 9.81. The Labute approximate surface area is 158 Å². The normalized spacial score (nSPS) is 20.9. The van der Waals surface area contributed by atoms with Crippen LogP contribution in [0.25, 0.3) is 0 Å². The second kappa shape index (κ2) is 8.90. The topological polar surface area (TPSA) is 66.4 Å². The number of nitrogens with one attached hydrogen (secondary N) is 1. The summed E-state index contributed by atoms with van der Waals surface area (Å²) in [5.74, 6) is -1.01. The van der Waals surface area contributed by atoms with E-state index in [9.17, 15) is 9.59 Å². The van der Waals surface area contributed by atoms with Crippen LogP contribution in [0.2, 0.25) is 0 Å². The van der Waals surface area contributed by atoms with Gasteiger partial charge in [-0.1, -0.05) is 48.5 Å². The van der Waals surface area contributed by atoms with Crippen molar-refractivity contribution in [1.82, 2.24) is 5.32 Å². The van der Waals surface area contributed by atoms with Gasteiger partial charge in [0.25, 0.3) is 0 Å². The Morgan fingerprint density at radius 2 is 1.50 bits per heavy atom. The summed E-state index contributed by atoms with van der Waals surface area (Å²) in [5.41, 5.74) is 0.970. The fourth-order valence-electron chi connectivity index (χ4n) is 3.30. The van der Waals surface area contributed by atoms with Gasteiger partial charge in [0.2, 0.25) is 5.91 Å². The van der Waals surface area contributed by atoms with Gasteiger partial charge in [0, 0.05) is 10.9 Å². The monoisotopic (exact) mass is 369 g/mol. The van der Waals surface area contributed by atoms with Gasteiger partial charge in [-0.05, 0) is 43.4 Å². The summed E-state index contributed by atoms with van der Waals surface area (Å²) in [7, 11) is 0. The second-order valence-electron chi connectivity index (χ2n) is 6.62. The number of rotatable bonds is 6. The fraction of sp³-hybridized carbons (Fsp3) is 0.333. The number of thioether (sulfide) groups is 1. The van der Waals surface area contributed by atoms with E-state index in [2.05, 4.69) is 5.32 Å². The lowest BCUT2D eigenvalue weighted by Crippen LogP contribution is -2.40. The lowest BCUT2D eigenvalue weighted by Gasteiger charge is -2.28. The third-order valence-corrected chi connectivity index (χ3v) is 6.03. The number of aliphatic carboxylic acids is 1. The van der Waals surface area contributed by atoms with Crippen molar-refractivity contribution in [1.29, 1.82) is 0 Å². The first-order chi connectivity index (χ1) is 12.6. The first kappa shape index (κ1) is 18.5. The molecule has 1 aliphatic carbocycles. The minimum Gasteiger partial charge on any atom is -0.481 e. The molecule has 0 heterocycles. The lowest BCUT2D eigenvalue weighted by molar-refractivity contribution is -0.142. The second-order valence-corrected chi connectivity index (χ2v) is 7.80. The third-order valence-electron chi connectivity index (χ3n) is 4.76. The van der Waals surface area contributed by atoms with Crippen molar-refractivity contribution in [3.63, 3.8) is 0 Å². The van der Waals surface area contributed by atoms with Gasteiger partial charge in [-0.2, -0.15) is 0 Å². The predicted octanol–water partition coefficient (Wildman–Crippen LogP) is 4.28. The number of carbonyl (C=O) groups excluding carboxylic acids is 1. The van der Waals surface area contributed by atoms with Crippen LogP contribution in [0.15, 0.2) is 65.6 Å². The van der Waals surface area contributed by atoms with Gasteiger partial charge in [0.15, 0.2) is 0 Å². The number of amides is 1. The van der Waals surface area contributed by atoms with Crippen LogP contribution in [-0.4, -0.2) is 23.0 Å². The third kappa shape index (κ3) is 4.88. The molecule has 3 rings (SSSR count). The highest BCUT2D eigenvalue weighted by Crippen LogP contribution is 2.36. The van der Waals surface area contributed by atoms with Crippen molar-refractivity contribution < 1.29 is 14.7 Å². The molecule has 2 aromatic rings. The predicted molar refractivity (Wildman–Crippen MR) is 103 cm³/mol. The molecule has 2 aromatic carbocycles. The summed E-state index contributed by atoms with van der Waals surface area (Å²) in [5, 5.41) is 11.9. The highest BCUT2D eigenvalue weighted by atomic mass is 32.2. The Bertz CT molecular complexity index is 727. The largest absolute Gasteiger partial charge is 0.481 e. The van der Waals surface area contributed by atoms with E-state index in [1.165, 1.54) is 11.8 Å². The van der Waals surface area contributed by atoms with E-state index in [1.54, 1.807) is 0 Å². The molecular formula is C21H23NO3S. The molecule has 136 valence electrons.